The summed E-state index contributed by atoms with van der Waals surface area (Å²) in [6.07, 6.45) is 3.85. The van der Waals surface area contributed by atoms with Gasteiger partial charge in [0.15, 0.2) is 0 Å². The maximum absolute atomic E-state index is 3.62. The Hall–Kier alpha value is -0.820. The van der Waals surface area contributed by atoms with E-state index in [0.717, 1.165) is 12.5 Å². The van der Waals surface area contributed by atoms with Gasteiger partial charge in [0.25, 0.3) is 0 Å². The van der Waals surface area contributed by atoms with Gasteiger partial charge in [-0.1, -0.05) is 63.4 Å². The van der Waals surface area contributed by atoms with Gasteiger partial charge in [-0.3, -0.25) is 0 Å². The van der Waals surface area contributed by atoms with Crippen molar-refractivity contribution in [2.24, 2.45) is 5.92 Å². The van der Waals surface area contributed by atoms with Gasteiger partial charge in [0.1, 0.15) is 0 Å². The minimum atomic E-state index is 0.515. The number of benzene rings is 1. The van der Waals surface area contributed by atoms with Crippen molar-refractivity contribution in [2.75, 3.05) is 6.54 Å². The van der Waals surface area contributed by atoms with Crippen molar-refractivity contribution in [2.45, 2.75) is 53.0 Å². The van der Waals surface area contributed by atoms with E-state index in [1.54, 1.807) is 0 Å². The maximum Gasteiger partial charge on any atom is 0.0322 e. The minimum absolute atomic E-state index is 0.515. The van der Waals surface area contributed by atoms with E-state index in [-0.39, 0.29) is 0 Å². The summed E-state index contributed by atoms with van der Waals surface area (Å²) >= 11 is 0. The summed E-state index contributed by atoms with van der Waals surface area (Å²) in [5.41, 5.74) is 2.79. The molecule has 1 aromatic rings. The molecule has 0 aliphatic heterocycles. The van der Waals surface area contributed by atoms with Crippen molar-refractivity contribution >= 4 is 0 Å². The first kappa shape index (κ1) is 14.2. The third kappa shape index (κ3) is 4.91. The first-order valence-electron chi connectivity index (χ1n) is 6.97. The Morgan fingerprint density at radius 3 is 2.59 bits per heavy atom. The summed E-state index contributed by atoms with van der Waals surface area (Å²) < 4.78 is 0. The molecule has 0 bridgehead atoms. The summed E-state index contributed by atoms with van der Waals surface area (Å²) in [5, 5.41) is 3.62. The first-order valence-corrected chi connectivity index (χ1v) is 6.97. The fourth-order valence-electron chi connectivity index (χ4n) is 2.48. The molecule has 1 nitrogen and oxygen atoms in total. The van der Waals surface area contributed by atoms with Gasteiger partial charge in [0.2, 0.25) is 0 Å². The van der Waals surface area contributed by atoms with Gasteiger partial charge in [-0.2, -0.15) is 0 Å². The molecule has 0 spiro atoms. The van der Waals surface area contributed by atoms with Crippen LogP contribution in [-0.2, 0) is 0 Å². The second-order valence-electron chi connectivity index (χ2n) is 5.15. The monoisotopic (exact) mass is 233 g/mol. The molecule has 96 valence electrons. The van der Waals surface area contributed by atoms with Gasteiger partial charge in [0, 0.05) is 6.04 Å². The minimum Gasteiger partial charge on any atom is -0.310 e. The molecule has 1 N–H and O–H groups in total. The van der Waals surface area contributed by atoms with Crippen LogP contribution in [0, 0.1) is 12.8 Å². The number of hydrogen-bond donors (Lipinski definition) is 1. The Labute approximate surface area is 107 Å². The molecule has 0 aromatic heterocycles. The fourth-order valence-corrected chi connectivity index (χ4v) is 2.48. The molecule has 0 saturated heterocycles. The van der Waals surface area contributed by atoms with Crippen LogP contribution in [0.4, 0.5) is 0 Å². The van der Waals surface area contributed by atoms with Gasteiger partial charge in [-0.15, -0.1) is 0 Å². The van der Waals surface area contributed by atoms with Crippen molar-refractivity contribution in [3.8, 4) is 0 Å². The predicted octanol–water partition coefficient (Wildman–Crippen LogP) is 4.47. The van der Waals surface area contributed by atoms with E-state index in [9.17, 15) is 0 Å². The van der Waals surface area contributed by atoms with Crippen LogP contribution in [-0.4, -0.2) is 6.54 Å². The zero-order valence-electron chi connectivity index (χ0n) is 11.8. The summed E-state index contributed by atoms with van der Waals surface area (Å²) in [6, 6.07) is 9.41. The van der Waals surface area contributed by atoms with E-state index in [0.29, 0.717) is 6.04 Å². The van der Waals surface area contributed by atoms with Crippen molar-refractivity contribution in [3.05, 3.63) is 35.4 Å². The molecule has 0 radical (unpaired) electrons. The molecule has 0 heterocycles. The summed E-state index contributed by atoms with van der Waals surface area (Å²) in [6.45, 7) is 10.0. The van der Waals surface area contributed by atoms with Crippen LogP contribution in [0.3, 0.4) is 0 Å². The Morgan fingerprint density at radius 2 is 2.00 bits per heavy atom. The van der Waals surface area contributed by atoms with Crippen molar-refractivity contribution in [1.82, 2.24) is 5.32 Å². The van der Waals surface area contributed by atoms with E-state index in [1.807, 2.05) is 0 Å². The van der Waals surface area contributed by atoms with Gasteiger partial charge < -0.3 is 5.32 Å². The number of nitrogens with one attached hydrogen (secondary N) is 1. The molecule has 17 heavy (non-hydrogen) atoms. The summed E-state index contributed by atoms with van der Waals surface area (Å²) in [4.78, 5) is 0. The molecular formula is C16H27N. The third-order valence-corrected chi connectivity index (χ3v) is 3.31. The maximum atomic E-state index is 3.62. The lowest BCUT2D eigenvalue weighted by Crippen LogP contribution is -2.23. The lowest BCUT2D eigenvalue weighted by atomic mass is 9.92. The predicted molar refractivity (Wildman–Crippen MR) is 76.3 cm³/mol. The molecule has 0 aliphatic rings. The zero-order valence-corrected chi connectivity index (χ0v) is 11.8. The highest BCUT2D eigenvalue weighted by molar-refractivity contribution is 5.25. The fraction of sp³-hybridized carbons (Fsp3) is 0.625. The lowest BCUT2D eigenvalue weighted by Gasteiger charge is -2.22. The van der Waals surface area contributed by atoms with Crippen LogP contribution < -0.4 is 5.32 Å². The molecule has 0 saturated carbocycles. The number of aryl methyl sites for hydroxylation is 1. The number of hydrogen-bond acceptors (Lipinski definition) is 1. The summed E-state index contributed by atoms with van der Waals surface area (Å²) in [7, 11) is 0. The molecular weight excluding hydrogens is 206 g/mol. The molecule has 0 aliphatic carbocycles. The molecule has 1 heteroatoms. The molecule has 1 rings (SSSR count). The van der Waals surface area contributed by atoms with Crippen LogP contribution >= 0.6 is 0 Å². The zero-order chi connectivity index (χ0) is 12.7. The van der Waals surface area contributed by atoms with E-state index < -0.39 is 0 Å². The normalized spacial score (nSPS) is 14.6. The second kappa shape index (κ2) is 7.50. The average Bonchev–Trinajstić information content (AvgIpc) is 2.29. The van der Waals surface area contributed by atoms with Crippen LogP contribution in [0.5, 0.6) is 0 Å². The Kier molecular flexibility index (Phi) is 6.28. The standard InChI is InChI=1S/C16H27N/c1-5-8-13(3)12-16(17-6-2)15-10-7-9-14(4)11-15/h7,9-11,13,16-17H,5-6,8,12H2,1-4H3. The van der Waals surface area contributed by atoms with Crippen LogP contribution in [0.1, 0.15) is 57.2 Å². The van der Waals surface area contributed by atoms with E-state index >= 15 is 0 Å². The third-order valence-electron chi connectivity index (χ3n) is 3.31. The SMILES string of the molecule is CCCC(C)CC(NCC)c1cccc(C)c1. The van der Waals surface area contributed by atoms with Gasteiger partial charge in [-0.25, -0.2) is 0 Å². The van der Waals surface area contributed by atoms with Crippen LogP contribution in [0.15, 0.2) is 24.3 Å². The molecule has 0 amide bonds. The smallest absolute Gasteiger partial charge is 0.0322 e. The Bertz CT molecular complexity index is 319. The van der Waals surface area contributed by atoms with Gasteiger partial charge in [-0.05, 0) is 31.4 Å². The Morgan fingerprint density at radius 1 is 1.24 bits per heavy atom. The van der Waals surface area contributed by atoms with E-state index in [1.165, 1.54) is 30.4 Å². The quantitative estimate of drug-likeness (QED) is 0.732. The Balaban J connectivity index is 2.71. The highest BCUT2D eigenvalue weighted by atomic mass is 14.9. The average molecular weight is 233 g/mol. The molecule has 2 unspecified atom stereocenters. The topological polar surface area (TPSA) is 12.0 Å². The summed E-state index contributed by atoms with van der Waals surface area (Å²) in [5.74, 6) is 0.796. The van der Waals surface area contributed by atoms with Crippen molar-refractivity contribution in [1.29, 1.82) is 0 Å². The van der Waals surface area contributed by atoms with E-state index in [2.05, 4.69) is 57.3 Å². The van der Waals surface area contributed by atoms with Crippen molar-refractivity contribution in [3.63, 3.8) is 0 Å². The molecule has 0 fully saturated rings. The first-order chi connectivity index (χ1) is 8.17. The van der Waals surface area contributed by atoms with E-state index in [4.69, 9.17) is 0 Å². The highest BCUT2D eigenvalue weighted by Gasteiger charge is 2.13. The molecule has 1 aromatic carbocycles. The lowest BCUT2D eigenvalue weighted by molar-refractivity contribution is 0.395. The van der Waals surface area contributed by atoms with Crippen LogP contribution in [0.25, 0.3) is 0 Å². The highest BCUT2D eigenvalue weighted by Crippen LogP contribution is 2.24. The number of rotatable bonds is 7. The van der Waals surface area contributed by atoms with Crippen molar-refractivity contribution < 1.29 is 0 Å². The van der Waals surface area contributed by atoms with Crippen LogP contribution in [0.2, 0.25) is 0 Å². The largest absolute Gasteiger partial charge is 0.310 e. The van der Waals surface area contributed by atoms with Gasteiger partial charge in [0.05, 0.1) is 0 Å². The molecule has 2 atom stereocenters. The van der Waals surface area contributed by atoms with Gasteiger partial charge >= 0.3 is 0 Å². The second-order valence-corrected chi connectivity index (χ2v) is 5.15.